The standard InChI is InChI=1S/C14H15NO6/c16-7-10-5-12-13(21-9-20-12)6-11(10)19-8-14(17)15-1-3-18-4-2-15/h5-7H,1-4,8-9H2. The van der Waals surface area contributed by atoms with Crippen molar-refractivity contribution >= 4 is 12.2 Å². The zero-order valence-electron chi connectivity index (χ0n) is 11.4. The quantitative estimate of drug-likeness (QED) is 0.751. The first-order valence-corrected chi connectivity index (χ1v) is 6.65. The minimum absolute atomic E-state index is 0.115. The molecular weight excluding hydrogens is 278 g/mol. The smallest absolute Gasteiger partial charge is 0.260 e. The highest BCUT2D eigenvalue weighted by molar-refractivity contribution is 5.82. The van der Waals surface area contributed by atoms with Gasteiger partial charge in [0.2, 0.25) is 6.79 Å². The largest absolute Gasteiger partial charge is 0.483 e. The zero-order chi connectivity index (χ0) is 14.7. The first kappa shape index (κ1) is 13.7. The molecule has 0 bridgehead atoms. The molecule has 0 radical (unpaired) electrons. The van der Waals surface area contributed by atoms with Crippen LogP contribution in [0.2, 0.25) is 0 Å². The fraction of sp³-hybridized carbons (Fsp3) is 0.429. The highest BCUT2D eigenvalue weighted by Gasteiger charge is 2.20. The van der Waals surface area contributed by atoms with Gasteiger partial charge in [-0.15, -0.1) is 0 Å². The van der Waals surface area contributed by atoms with E-state index >= 15 is 0 Å². The first-order chi connectivity index (χ1) is 10.3. The molecule has 3 rings (SSSR count). The topological polar surface area (TPSA) is 74.3 Å². The van der Waals surface area contributed by atoms with E-state index in [1.807, 2.05) is 0 Å². The van der Waals surface area contributed by atoms with Crippen LogP contribution in [-0.2, 0) is 9.53 Å². The Morgan fingerprint density at radius 2 is 1.95 bits per heavy atom. The van der Waals surface area contributed by atoms with Crippen LogP contribution in [0.25, 0.3) is 0 Å². The van der Waals surface area contributed by atoms with Gasteiger partial charge >= 0.3 is 0 Å². The lowest BCUT2D eigenvalue weighted by atomic mass is 10.2. The minimum atomic E-state index is -0.132. The molecule has 1 aromatic carbocycles. The van der Waals surface area contributed by atoms with Crippen molar-refractivity contribution in [1.82, 2.24) is 4.90 Å². The third-order valence-electron chi connectivity index (χ3n) is 3.35. The molecule has 0 aromatic heterocycles. The van der Waals surface area contributed by atoms with Crippen molar-refractivity contribution in [1.29, 1.82) is 0 Å². The molecule has 1 saturated heterocycles. The molecule has 2 aliphatic heterocycles. The van der Waals surface area contributed by atoms with Gasteiger partial charge in [0.25, 0.3) is 5.91 Å². The number of benzene rings is 1. The molecule has 21 heavy (non-hydrogen) atoms. The molecule has 0 N–H and O–H groups in total. The average Bonchev–Trinajstić information content (AvgIpc) is 2.99. The van der Waals surface area contributed by atoms with Gasteiger partial charge in [-0.05, 0) is 6.07 Å². The maximum atomic E-state index is 12.0. The van der Waals surface area contributed by atoms with E-state index in [0.717, 1.165) is 0 Å². The molecule has 0 saturated carbocycles. The summed E-state index contributed by atoms with van der Waals surface area (Å²) < 4.78 is 21.1. The lowest BCUT2D eigenvalue weighted by Crippen LogP contribution is -2.43. The lowest BCUT2D eigenvalue weighted by molar-refractivity contribution is -0.137. The number of ether oxygens (including phenoxy) is 4. The molecule has 2 heterocycles. The highest BCUT2D eigenvalue weighted by Crippen LogP contribution is 2.37. The summed E-state index contributed by atoms with van der Waals surface area (Å²) in [6.07, 6.45) is 0.663. The van der Waals surface area contributed by atoms with Crippen LogP contribution in [0.15, 0.2) is 12.1 Å². The van der Waals surface area contributed by atoms with Gasteiger partial charge in [-0.2, -0.15) is 0 Å². The molecule has 112 valence electrons. The van der Waals surface area contributed by atoms with Crippen LogP contribution in [0, 0.1) is 0 Å². The van der Waals surface area contributed by atoms with Crippen LogP contribution in [0.5, 0.6) is 17.2 Å². The van der Waals surface area contributed by atoms with E-state index in [0.29, 0.717) is 55.4 Å². The monoisotopic (exact) mass is 293 g/mol. The molecule has 0 aliphatic carbocycles. The molecule has 1 amide bonds. The summed E-state index contributed by atoms with van der Waals surface area (Å²) in [4.78, 5) is 24.8. The molecule has 2 aliphatic rings. The van der Waals surface area contributed by atoms with Gasteiger partial charge in [-0.1, -0.05) is 0 Å². The van der Waals surface area contributed by atoms with E-state index in [2.05, 4.69) is 0 Å². The van der Waals surface area contributed by atoms with Gasteiger partial charge in [-0.3, -0.25) is 9.59 Å². The number of hydrogen-bond acceptors (Lipinski definition) is 6. The zero-order valence-corrected chi connectivity index (χ0v) is 11.4. The first-order valence-electron chi connectivity index (χ1n) is 6.65. The SMILES string of the molecule is O=Cc1cc2c(cc1OCC(=O)N1CCOCC1)OCO2. The van der Waals surface area contributed by atoms with Crippen LogP contribution >= 0.6 is 0 Å². The number of hydrogen-bond donors (Lipinski definition) is 0. The van der Waals surface area contributed by atoms with Gasteiger partial charge in [0.1, 0.15) is 5.75 Å². The van der Waals surface area contributed by atoms with Crippen molar-refractivity contribution in [3.63, 3.8) is 0 Å². The Hall–Kier alpha value is -2.28. The summed E-state index contributed by atoms with van der Waals surface area (Å²) in [6, 6.07) is 3.11. The van der Waals surface area contributed by atoms with Crippen molar-refractivity contribution in [2.45, 2.75) is 0 Å². The molecule has 1 fully saturated rings. The van der Waals surface area contributed by atoms with Crippen LogP contribution in [0.4, 0.5) is 0 Å². The van der Waals surface area contributed by atoms with Gasteiger partial charge in [-0.25, -0.2) is 0 Å². The van der Waals surface area contributed by atoms with Crippen molar-refractivity contribution < 1.29 is 28.5 Å². The summed E-state index contributed by atoms with van der Waals surface area (Å²) in [5.41, 5.74) is 0.328. The Kier molecular flexibility index (Phi) is 3.92. The van der Waals surface area contributed by atoms with Crippen LogP contribution in [-0.4, -0.2) is 56.8 Å². The Labute approximate surface area is 121 Å². The second-order valence-corrected chi connectivity index (χ2v) is 4.64. The van der Waals surface area contributed by atoms with Gasteiger partial charge in [0.05, 0.1) is 18.8 Å². The van der Waals surface area contributed by atoms with E-state index in [4.69, 9.17) is 18.9 Å². The molecule has 7 nitrogen and oxygen atoms in total. The Balaban J connectivity index is 1.67. The van der Waals surface area contributed by atoms with Crippen molar-refractivity contribution in [2.24, 2.45) is 0 Å². The fourth-order valence-corrected chi connectivity index (χ4v) is 2.20. The number of morpholine rings is 1. The third kappa shape index (κ3) is 2.92. The second kappa shape index (κ2) is 6.01. The molecule has 0 unspecified atom stereocenters. The molecule has 1 aromatic rings. The summed E-state index contributed by atoms with van der Waals surface area (Å²) in [7, 11) is 0. The van der Waals surface area contributed by atoms with E-state index in [1.54, 1.807) is 17.0 Å². The highest BCUT2D eigenvalue weighted by atomic mass is 16.7. The molecule has 0 atom stereocenters. The molecule has 7 heteroatoms. The number of aldehydes is 1. The van der Waals surface area contributed by atoms with Crippen LogP contribution in [0.3, 0.4) is 0 Å². The van der Waals surface area contributed by atoms with Crippen molar-refractivity contribution in [3.8, 4) is 17.2 Å². The lowest BCUT2D eigenvalue weighted by Gasteiger charge is -2.26. The third-order valence-corrected chi connectivity index (χ3v) is 3.35. The predicted octanol–water partition coefficient (Wildman–Crippen LogP) is 0.465. The van der Waals surface area contributed by atoms with Crippen LogP contribution < -0.4 is 14.2 Å². The minimum Gasteiger partial charge on any atom is -0.483 e. The Bertz CT molecular complexity index is 553. The average molecular weight is 293 g/mol. The molecule has 0 spiro atoms. The van der Waals surface area contributed by atoms with E-state index < -0.39 is 0 Å². The number of rotatable bonds is 4. The maximum Gasteiger partial charge on any atom is 0.260 e. The number of carbonyl (C=O) groups is 2. The maximum absolute atomic E-state index is 12.0. The van der Waals surface area contributed by atoms with Crippen LogP contribution in [0.1, 0.15) is 10.4 Å². The van der Waals surface area contributed by atoms with E-state index in [-0.39, 0.29) is 19.3 Å². The summed E-state index contributed by atoms with van der Waals surface area (Å²) in [6.45, 7) is 2.18. The number of nitrogens with zero attached hydrogens (tertiary/aromatic N) is 1. The number of amides is 1. The Morgan fingerprint density at radius 3 is 2.67 bits per heavy atom. The van der Waals surface area contributed by atoms with E-state index in [1.165, 1.54) is 0 Å². The normalized spacial score (nSPS) is 16.7. The van der Waals surface area contributed by atoms with Crippen molar-refractivity contribution in [3.05, 3.63) is 17.7 Å². The second-order valence-electron chi connectivity index (χ2n) is 4.64. The summed E-state index contributed by atoms with van der Waals surface area (Å²) in [5, 5.41) is 0. The number of carbonyl (C=O) groups excluding carboxylic acids is 2. The molecular formula is C14H15NO6. The summed E-state index contributed by atoms with van der Waals surface area (Å²) in [5.74, 6) is 1.20. The van der Waals surface area contributed by atoms with Gasteiger partial charge < -0.3 is 23.8 Å². The number of fused-ring (bicyclic) bond motifs is 1. The fourth-order valence-electron chi connectivity index (χ4n) is 2.20. The Morgan fingerprint density at radius 1 is 1.24 bits per heavy atom. The van der Waals surface area contributed by atoms with Gasteiger partial charge in [0, 0.05) is 19.2 Å². The van der Waals surface area contributed by atoms with E-state index in [9.17, 15) is 9.59 Å². The summed E-state index contributed by atoms with van der Waals surface area (Å²) >= 11 is 0. The predicted molar refractivity (Wildman–Crippen MR) is 70.8 cm³/mol. The van der Waals surface area contributed by atoms with Gasteiger partial charge in [0.15, 0.2) is 24.4 Å². The van der Waals surface area contributed by atoms with Crippen molar-refractivity contribution in [2.75, 3.05) is 39.7 Å².